The minimum atomic E-state index is 0.261. The molecule has 0 spiro atoms. The van der Waals surface area contributed by atoms with E-state index in [1.807, 2.05) is 30.0 Å². The highest BCUT2D eigenvalue weighted by molar-refractivity contribution is 7.99. The standard InChI is InChI=1S/C12H19N3OS/c1-2-15(10-12(13)14-16)8-9-17-11-6-4-3-5-7-11/h3-7,16H,2,8-10H2,1H3,(H2,13,14). The minimum absolute atomic E-state index is 0.261. The molecular weight excluding hydrogens is 234 g/mol. The summed E-state index contributed by atoms with van der Waals surface area (Å²) in [5.41, 5.74) is 5.48. The van der Waals surface area contributed by atoms with Crippen molar-refractivity contribution in [1.29, 1.82) is 0 Å². The number of hydrogen-bond acceptors (Lipinski definition) is 4. The van der Waals surface area contributed by atoms with Crippen LogP contribution < -0.4 is 5.73 Å². The van der Waals surface area contributed by atoms with Gasteiger partial charge in [-0.05, 0) is 18.7 Å². The van der Waals surface area contributed by atoms with Crippen LogP contribution in [0.1, 0.15) is 6.92 Å². The number of thioether (sulfide) groups is 1. The predicted molar refractivity (Wildman–Crippen MR) is 72.7 cm³/mol. The summed E-state index contributed by atoms with van der Waals surface area (Å²) in [5, 5.41) is 11.5. The van der Waals surface area contributed by atoms with Gasteiger partial charge in [-0.1, -0.05) is 30.3 Å². The summed E-state index contributed by atoms with van der Waals surface area (Å²) in [7, 11) is 0. The van der Waals surface area contributed by atoms with Gasteiger partial charge in [-0.25, -0.2) is 0 Å². The molecular formula is C12H19N3OS. The molecule has 0 fully saturated rings. The lowest BCUT2D eigenvalue weighted by molar-refractivity contribution is 0.304. The number of benzene rings is 1. The number of amidine groups is 1. The summed E-state index contributed by atoms with van der Waals surface area (Å²) in [4.78, 5) is 3.41. The Morgan fingerprint density at radius 3 is 2.71 bits per heavy atom. The molecule has 1 rings (SSSR count). The van der Waals surface area contributed by atoms with Crippen LogP contribution in [0.5, 0.6) is 0 Å². The first-order chi connectivity index (χ1) is 8.26. The van der Waals surface area contributed by atoms with E-state index in [9.17, 15) is 0 Å². The summed E-state index contributed by atoms with van der Waals surface area (Å²) in [5.74, 6) is 1.26. The molecule has 0 aliphatic carbocycles. The fraction of sp³-hybridized carbons (Fsp3) is 0.417. The van der Waals surface area contributed by atoms with Crippen molar-refractivity contribution in [3.63, 3.8) is 0 Å². The van der Waals surface area contributed by atoms with E-state index in [1.54, 1.807) is 0 Å². The molecule has 0 bridgehead atoms. The molecule has 17 heavy (non-hydrogen) atoms. The number of hydrogen-bond donors (Lipinski definition) is 2. The van der Waals surface area contributed by atoms with E-state index in [-0.39, 0.29) is 5.84 Å². The molecule has 3 N–H and O–H groups in total. The summed E-state index contributed by atoms with van der Waals surface area (Å²) < 4.78 is 0. The highest BCUT2D eigenvalue weighted by atomic mass is 32.2. The molecule has 94 valence electrons. The molecule has 0 unspecified atom stereocenters. The number of nitrogens with zero attached hydrogens (tertiary/aromatic N) is 2. The summed E-state index contributed by atoms with van der Waals surface area (Å²) in [6.07, 6.45) is 0. The maximum absolute atomic E-state index is 8.51. The third kappa shape index (κ3) is 5.60. The third-order valence-electron chi connectivity index (χ3n) is 2.38. The Labute approximate surface area is 106 Å². The van der Waals surface area contributed by atoms with Crippen molar-refractivity contribution >= 4 is 17.6 Å². The van der Waals surface area contributed by atoms with E-state index in [2.05, 4.69) is 29.1 Å². The zero-order chi connectivity index (χ0) is 12.5. The SMILES string of the molecule is CCN(CCSc1ccccc1)CC(N)=NO. The quantitative estimate of drug-likeness (QED) is 0.256. The van der Waals surface area contributed by atoms with Crippen molar-refractivity contribution < 1.29 is 5.21 Å². The van der Waals surface area contributed by atoms with Crippen molar-refractivity contribution in [2.24, 2.45) is 10.9 Å². The minimum Gasteiger partial charge on any atom is -0.409 e. The first kappa shape index (κ1) is 13.9. The highest BCUT2D eigenvalue weighted by Gasteiger charge is 2.04. The second kappa shape index (κ2) is 7.97. The normalized spacial score (nSPS) is 12.0. The Hall–Kier alpha value is -1.20. The monoisotopic (exact) mass is 253 g/mol. The fourth-order valence-electron chi connectivity index (χ4n) is 1.42. The van der Waals surface area contributed by atoms with Crippen LogP contribution in [0.4, 0.5) is 0 Å². The maximum atomic E-state index is 8.51. The van der Waals surface area contributed by atoms with Crippen LogP contribution in [0.3, 0.4) is 0 Å². The van der Waals surface area contributed by atoms with Gasteiger partial charge in [0.2, 0.25) is 0 Å². The van der Waals surface area contributed by atoms with Gasteiger partial charge >= 0.3 is 0 Å². The van der Waals surface area contributed by atoms with Gasteiger partial charge in [0.15, 0.2) is 5.84 Å². The van der Waals surface area contributed by atoms with E-state index in [0.717, 1.165) is 18.8 Å². The summed E-state index contributed by atoms with van der Waals surface area (Å²) >= 11 is 1.81. The first-order valence-electron chi connectivity index (χ1n) is 5.63. The zero-order valence-corrected chi connectivity index (χ0v) is 10.9. The molecule has 0 aromatic heterocycles. The number of nitrogens with two attached hydrogens (primary N) is 1. The lowest BCUT2D eigenvalue weighted by atomic mass is 10.4. The van der Waals surface area contributed by atoms with Crippen molar-refractivity contribution in [3.8, 4) is 0 Å². The van der Waals surface area contributed by atoms with Gasteiger partial charge in [-0.15, -0.1) is 11.8 Å². The summed E-state index contributed by atoms with van der Waals surface area (Å²) in [6, 6.07) is 10.3. The molecule has 0 radical (unpaired) electrons. The molecule has 0 amide bonds. The average molecular weight is 253 g/mol. The van der Waals surface area contributed by atoms with Crippen molar-refractivity contribution in [3.05, 3.63) is 30.3 Å². The van der Waals surface area contributed by atoms with Gasteiger partial charge in [0.25, 0.3) is 0 Å². The van der Waals surface area contributed by atoms with Gasteiger partial charge in [-0.2, -0.15) is 0 Å². The van der Waals surface area contributed by atoms with Gasteiger partial charge in [-0.3, -0.25) is 4.90 Å². The average Bonchev–Trinajstić information content (AvgIpc) is 2.38. The van der Waals surface area contributed by atoms with Crippen molar-refractivity contribution in [2.75, 3.05) is 25.4 Å². The molecule has 0 aliphatic rings. The lowest BCUT2D eigenvalue weighted by Gasteiger charge is -2.18. The lowest BCUT2D eigenvalue weighted by Crippen LogP contribution is -2.35. The van der Waals surface area contributed by atoms with E-state index in [1.165, 1.54) is 4.90 Å². The molecule has 1 aromatic carbocycles. The van der Waals surface area contributed by atoms with E-state index >= 15 is 0 Å². The van der Waals surface area contributed by atoms with E-state index in [4.69, 9.17) is 10.9 Å². The van der Waals surface area contributed by atoms with Gasteiger partial charge in [0.1, 0.15) is 0 Å². The topological polar surface area (TPSA) is 61.8 Å². The predicted octanol–water partition coefficient (Wildman–Crippen LogP) is 1.85. The highest BCUT2D eigenvalue weighted by Crippen LogP contribution is 2.16. The molecule has 5 heteroatoms. The van der Waals surface area contributed by atoms with Crippen LogP contribution in [0.2, 0.25) is 0 Å². The molecule has 0 atom stereocenters. The molecule has 0 aliphatic heterocycles. The molecule has 4 nitrogen and oxygen atoms in total. The van der Waals surface area contributed by atoms with Gasteiger partial charge in [0, 0.05) is 17.2 Å². The van der Waals surface area contributed by atoms with Crippen molar-refractivity contribution in [1.82, 2.24) is 4.90 Å². The maximum Gasteiger partial charge on any atom is 0.153 e. The van der Waals surface area contributed by atoms with Crippen LogP contribution in [-0.4, -0.2) is 41.3 Å². The number of oxime groups is 1. The fourth-order valence-corrected chi connectivity index (χ4v) is 2.35. The van der Waals surface area contributed by atoms with Gasteiger partial charge in [0.05, 0.1) is 6.54 Å². The van der Waals surface area contributed by atoms with Crippen molar-refractivity contribution in [2.45, 2.75) is 11.8 Å². The zero-order valence-electron chi connectivity index (χ0n) is 10.0. The Balaban J connectivity index is 2.29. The second-order valence-corrected chi connectivity index (χ2v) is 4.79. The van der Waals surface area contributed by atoms with Crippen LogP contribution in [-0.2, 0) is 0 Å². The number of likely N-dealkylation sites (N-methyl/N-ethyl adjacent to an activating group) is 1. The third-order valence-corrected chi connectivity index (χ3v) is 3.37. The van der Waals surface area contributed by atoms with Crippen LogP contribution in [0.15, 0.2) is 40.4 Å². The summed E-state index contributed by atoms with van der Waals surface area (Å²) in [6.45, 7) is 4.40. The smallest absolute Gasteiger partial charge is 0.153 e. The largest absolute Gasteiger partial charge is 0.409 e. The molecule has 1 aromatic rings. The van der Waals surface area contributed by atoms with Crippen LogP contribution in [0.25, 0.3) is 0 Å². The Bertz CT molecular complexity index is 343. The molecule has 0 saturated heterocycles. The van der Waals surface area contributed by atoms with Crippen LogP contribution >= 0.6 is 11.8 Å². The Morgan fingerprint density at radius 2 is 2.12 bits per heavy atom. The van der Waals surface area contributed by atoms with Crippen LogP contribution in [0, 0.1) is 0 Å². The van der Waals surface area contributed by atoms with E-state index in [0.29, 0.717) is 6.54 Å². The number of rotatable bonds is 7. The van der Waals surface area contributed by atoms with Gasteiger partial charge < -0.3 is 10.9 Å². The van der Waals surface area contributed by atoms with E-state index < -0.39 is 0 Å². The molecule has 0 saturated carbocycles. The second-order valence-electron chi connectivity index (χ2n) is 3.62. The Kier molecular flexibility index (Phi) is 6.50. The first-order valence-corrected chi connectivity index (χ1v) is 6.61. The Morgan fingerprint density at radius 1 is 1.41 bits per heavy atom. The molecule has 0 heterocycles.